The van der Waals surface area contributed by atoms with Gasteiger partial charge in [0.2, 0.25) is 5.91 Å². The fourth-order valence-electron chi connectivity index (χ4n) is 3.30. The van der Waals surface area contributed by atoms with E-state index in [0.717, 1.165) is 43.0 Å². The van der Waals surface area contributed by atoms with Crippen molar-refractivity contribution in [2.45, 2.75) is 25.8 Å². The van der Waals surface area contributed by atoms with Gasteiger partial charge in [0, 0.05) is 27.2 Å². The molecule has 1 aliphatic heterocycles. The second kappa shape index (κ2) is 11.0. The lowest BCUT2D eigenvalue weighted by molar-refractivity contribution is -0.130. The summed E-state index contributed by atoms with van der Waals surface area (Å²) >= 11 is 0. The fourth-order valence-corrected chi connectivity index (χ4v) is 3.30. The Morgan fingerprint density at radius 2 is 1.96 bits per heavy atom. The van der Waals surface area contributed by atoms with Crippen LogP contribution in [-0.2, 0) is 11.3 Å². The van der Waals surface area contributed by atoms with Gasteiger partial charge in [-0.1, -0.05) is 30.3 Å². The molecule has 3 rings (SSSR count). The van der Waals surface area contributed by atoms with Crippen molar-refractivity contribution in [3.63, 3.8) is 0 Å². The van der Waals surface area contributed by atoms with Crippen LogP contribution in [0.5, 0.6) is 0 Å². The third-order valence-corrected chi connectivity index (χ3v) is 4.78. The number of carbonyl (C=O) groups is 1. The number of aromatic nitrogens is 2. The van der Waals surface area contributed by atoms with E-state index in [4.69, 9.17) is 0 Å². The lowest BCUT2D eigenvalue weighted by Crippen LogP contribution is -2.46. The van der Waals surface area contributed by atoms with Crippen LogP contribution >= 0.6 is 24.0 Å². The molecular formula is C20H29IN6O. The number of H-pyrrole nitrogens is 1. The smallest absolute Gasteiger partial charge is 0.241 e. The van der Waals surface area contributed by atoms with Crippen molar-refractivity contribution in [2.75, 3.05) is 33.7 Å². The molecule has 1 aliphatic rings. The number of benzene rings is 1. The highest BCUT2D eigenvalue weighted by molar-refractivity contribution is 14.0. The van der Waals surface area contributed by atoms with Crippen LogP contribution in [0.25, 0.3) is 11.3 Å². The molecule has 0 aliphatic carbocycles. The fraction of sp³-hybridized carbons (Fsp3) is 0.450. The van der Waals surface area contributed by atoms with Crippen LogP contribution in [0.15, 0.2) is 41.5 Å². The summed E-state index contributed by atoms with van der Waals surface area (Å²) in [6.45, 7) is 2.57. The highest BCUT2D eigenvalue weighted by Crippen LogP contribution is 2.16. The van der Waals surface area contributed by atoms with Crippen molar-refractivity contribution in [1.82, 2.24) is 25.1 Å². The maximum atomic E-state index is 12.3. The van der Waals surface area contributed by atoms with Crippen molar-refractivity contribution < 1.29 is 4.79 Å². The predicted octanol–water partition coefficient (Wildman–Crippen LogP) is 2.71. The van der Waals surface area contributed by atoms with E-state index in [2.05, 4.69) is 20.3 Å². The molecule has 2 N–H and O–H groups in total. The van der Waals surface area contributed by atoms with Crippen molar-refractivity contribution in [1.29, 1.82) is 0 Å². The van der Waals surface area contributed by atoms with E-state index in [9.17, 15) is 4.79 Å². The second-order valence-corrected chi connectivity index (χ2v) is 6.81. The molecule has 1 aromatic heterocycles. The van der Waals surface area contributed by atoms with E-state index < -0.39 is 0 Å². The zero-order valence-electron chi connectivity index (χ0n) is 16.5. The first-order valence-corrected chi connectivity index (χ1v) is 9.46. The molecule has 0 unspecified atom stereocenters. The minimum Gasteiger partial charge on any atom is -0.347 e. The summed E-state index contributed by atoms with van der Waals surface area (Å²) in [4.78, 5) is 28.3. The van der Waals surface area contributed by atoms with Crippen LogP contribution in [0.4, 0.5) is 0 Å². The number of piperidine rings is 1. The number of nitrogens with zero attached hydrogens (tertiary/aromatic N) is 4. The van der Waals surface area contributed by atoms with Crippen LogP contribution in [0.3, 0.4) is 0 Å². The number of guanidine groups is 1. The number of hydrogen-bond donors (Lipinski definition) is 2. The van der Waals surface area contributed by atoms with Gasteiger partial charge in [0.25, 0.3) is 0 Å². The van der Waals surface area contributed by atoms with Crippen molar-refractivity contribution in [3.05, 3.63) is 42.4 Å². The summed E-state index contributed by atoms with van der Waals surface area (Å²) in [6.07, 6.45) is 5.26. The number of hydrogen-bond acceptors (Lipinski definition) is 3. The molecule has 8 heteroatoms. The van der Waals surface area contributed by atoms with E-state index in [1.807, 2.05) is 53.4 Å². The number of likely N-dealkylation sites (tertiary alicyclic amines) is 1. The highest BCUT2D eigenvalue weighted by Gasteiger charge is 2.17. The molecule has 0 radical (unpaired) electrons. The Hall–Kier alpha value is -2.10. The van der Waals surface area contributed by atoms with Gasteiger partial charge in [-0.3, -0.25) is 9.79 Å². The molecular weight excluding hydrogens is 467 g/mol. The van der Waals surface area contributed by atoms with Crippen LogP contribution in [-0.4, -0.2) is 65.4 Å². The van der Waals surface area contributed by atoms with Gasteiger partial charge in [0.15, 0.2) is 5.96 Å². The van der Waals surface area contributed by atoms with Gasteiger partial charge >= 0.3 is 0 Å². The first-order chi connectivity index (χ1) is 13.2. The summed E-state index contributed by atoms with van der Waals surface area (Å²) in [5.74, 6) is 1.66. The molecule has 1 aromatic carbocycles. The number of imidazole rings is 1. The summed E-state index contributed by atoms with van der Waals surface area (Å²) in [5.41, 5.74) is 2.09. The van der Waals surface area contributed by atoms with Gasteiger partial charge in [-0.05, 0) is 24.8 Å². The summed E-state index contributed by atoms with van der Waals surface area (Å²) in [6, 6.07) is 10.1. The van der Waals surface area contributed by atoms with Crippen molar-refractivity contribution >= 4 is 35.8 Å². The number of aromatic amines is 1. The molecule has 2 heterocycles. The first kappa shape index (κ1) is 22.2. The number of nitrogens with one attached hydrogen (secondary N) is 2. The molecule has 7 nitrogen and oxygen atoms in total. The lowest BCUT2D eigenvalue weighted by Gasteiger charge is -2.28. The van der Waals surface area contributed by atoms with Gasteiger partial charge in [-0.25, -0.2) is 4.98 Å². The van der Waals surface area contributed by atoms with E-state index in [1.54, 1.807) is 7.05 Å². The SMILES string of the molecule is CN=C(NCC(=O)N1CCCCC1)N(C)Cc1ncc(-c2ccccc2)[nH]1.I. The quantitative estimate of drug-likeness (QED) is 0.379. The van der Waals surface area contributed by atoms with Gasteiger partial charge in [-0.2, -0.15) is 0 Å². The number of carbonyl (C=O) groups excluding carboxylic acids is 1. The lowest BCUT2D eigenvalue weighted by atomic mass is 10.1. The summed E-state index contributed by atoms with van der Waals surface area (Å²) < 4.78 is 0. The number of rotatable bonds is 5. The molecule has 152 valence electrons. The van der Waals surface area contributed by atoms with Crippen molar-refractivity contribution in [3.8, 4) is 11.3 Å². The summed E-state index contributed by atoms with van der Waals surface area (Å²) in [5, 5.41) is 3.17. The molecule has 1 fully saturated rings. The Labute approximate surface area is 183 Å². The molecule has 2 aromatic rings. The van der Waals surface area contributed by atoms with E-state index in [0.29, 0.717) is 12.5 Å². The van der Waals surface area contributed by atoms with Gasteiger partial charge < -0.3 is 20.1 Å². The average molecular weight is 496 g/mol. The van der Waals surface area contributed by atoms with E-state index in [1.165, 1.54) is 6.42 Å². The van der Waals surface area contributed by atoms with Crippen LogP contribution < -0.4 is 5.32 Å². The molecule has 0 spiro atoms. The molecule has 0 atom stereocenters. The normalized spacial score (nSPS) is 14.4. The number of halogens is 1. The minimum absolute atomic E-state index is 0. The molecule has 28 heavy (non-hydrogen) atoms. The minimum atomic E-state index is 0. The maximum absolute atomic E-state index is 12.3. The predicted molar refractivity (Wildman–Crippen MR) is 123 cm³/mol. The Balaban J connectivity index is 0.00000280. The zero-order chi connectivity index (χ0) is 19.1. The zero-order valence-corrected chi connectivity index (χ0v) is 18.8. The van der Waals surface area contributed by atoms with Gasteiger partial charge in [0.1, 0.15) is 5.82 Å². The first-order valence-electron chi connectivity index (χ1n) is 9.46. The van der Waals surface area contributed by atoms with Crippen LogP contribution in [0.2, 0.25) is 0 Å². The van der Waals surface area contributed by atoms with E-state index in [-0.39, 0.29) is 36.4 Å². The third kappa shape index (κ3) is 5.95. The Bertz CT molecular complexity index is 770. The van der Waals surface area contributed by atoms with Crippen LogP contribution in [0.1, 0.15) is 25.1 Å². The maximum Gasteiger partial charge on any atom is 0.241 e. The second-order valence-electron chi connectivity index (χ2n) is 6.81. The average Bonchev–Trinajstić information content (AvgIpc) is 3.18. The largest absolute Gasteiger partial charge is 0.347 e. The Morgan fingerprint density at radius 1 is 1.25 bits per heavy atom. The summed E-state index contributed by atoms with van der Waals surface area (Å²) in [7, 11) is 3.66. The van der Waals surface area contributed by atoms with E-state index >= 15 is 0 Å². The number of aliphatic imine (C=N–C) groups is 1. The van der Waals surface area contributed by atoms with Gasteiger partial charge in [-0.15, -0.1) is 24.0 Å². The topological polar surface area (TPSA) is 76.6 Å². The molecule has 0 bridgehead atoms. The van der Waals surface area contributed by atoms with Crippen LogP contribution in [0, 0.1) is 0 Å². The molecule has 0 saturated carbocycles. The monoisotopic (exact) mass is 496 g/mol. The Morgan fingerprint density at radius 3 is 2.64 bits per heavy atom. The third-order valence-electron chi connectivity index (χ3n) is 4.78. The highest BCUT2D eigenvalue weighted by atomic mass is 127. The number of amides is 1. The van der Waals surface area contributed by atoms with Crippen molar-refractivity contribution in [2.24, 2.45) is 4.99 Å². The molecule has 1 amide bonds. The van der Waals surface area contributed by atoms with Gasteiger partial charge in [0.05, 0.1) is 25.0 Å². The Kier molecular flexibility index (Phi) is 8.75. The molecule has 1 saturated heterocycles. The standard InChI is InChI=1S/C20H28N6O.HI/c1-21-20(23-14-19(27)26-11-7-4-8-12-26)25(2)15-18-22-13-17(24-18)16-9-5-3-6-10-16;/h3,5-6,9-10,13H,4,7-8,11-12,14-15H2,1-2H3,(H,21,23)(H,22,24);1H.